The Labute approximate surface area is 135 Å². The summed E-state index contributed by atoms with van der Waals surface area (Å²) in [6, 6.07) is 9.62. The maximum Gasteiger partial charge on any atom is 0.254 e. The Morgan fingerprint density at radius 3 is 2.39 bits per heavy atom. The largest absolute Gasteiger partial charge is 0.388 e. The van der Waals surface area contributed by atoms with Crippen molar-refractivity contribution in [3.8, 4) is 11.4 Å². The predicted molar refractivity (Wildman–Crippen MR) is 87.8 cm³/mol. The Bertz CT molecular complexity index is 650. The van der Waals surface area contributed by atoms with Crippen LogP contribution in [-0.4, -0.2) is 33.1 Å². The second-order valence-electron chi connectivity index (χ2n) is 6.13. The fraction of sp³-hybridized carbons (Fsp3) is 0.389. The van der Waals surface area contributed by atoms with Crippen LogP contribution in [-0.2, 0) is 0 Å². The molecule has 1 heterocycles. The van der Waals surface area contributed by atoms with Crippen molar-refractivity contribution in [1.82, 2.24) is 15.3 Å². The summed E-state index contributed by atoms with van der Waals surface area (Å²) in [5.41, 5.74) is 0.554. The highest BCUT2D eigenvalue weighted by Crippen LogP contribution is 2.27. The Kier molecular flexibility index (Phi) is 4.67. The van der Waals surface area contributed by atoms with Gasteiger partial charge >= 0.3 is 0 Å². The van der Waals surface area contributed by atoms with Gasteiger partial charge in [0, 0.05) is 24.5 Å². The molecular weight excluding hydrogens is 290 g/mol. The summed E-state index contributed by atoms with van der Waals surface area (Å²) in [6.07, 6.45) is 7.73. The second kappa shape index (κ2) is 6.87. The molecule has 1 amide bonds. The van der Waals surface area contributed by atoms with E-state index in [0.29, 0.717) is 11.4 Å². The van der Waals surface area contributed by atoms with E-state index in [1.165, 1.54) is 12.4 Å². The SMILES string of the molecule is O=C(NCC1(O)CCCCC1)c1cnc(-c2ccccc2)nc1. The maximum atomic E-state index is 12.2. The molecule has 0 aliphatic heterocycles. The van der Waals surface area contributed by atoms with Crippen LogP contribution in [0, 0.1) is 0 Å². The maximum absolute atomic E-state index is 12.2. The Morgan fingerprint density at radius 1 is 1.09 bits per heavy atom. The van der Waals surface area contributed by atoms with Crippen molar-refractivity contribution in [2.45, 2.75) is 37.7 Å². The van der Waals surface area contributed by atoms with Crippen molar-refractivity contribution in [2.24, 2.45) is 0 Å². The zero-order valence-electron chi connectivity index (χ0n) is 13.0. The molecule has 23 heavy (non-hydrogen) atoms. The normalized spacial score (nSPS) is 16.7. The molecule has 1 saturated carbocycles. The molecule has 1 aromatic heterocycles. The highest BCUT2D eigenvalue weighted by Gasteiger charge is 2.29. The molecule has 3 rings (SSSR count). The third-order valence-corrected chi connectivity index (χ3v) is 4.31. The van der Waals surface area contributed by atoms with Crippen molar-refractivity contribution in [1.29, 1.82) is 0 Å². The van der Waals surface area contributed by atoms with Gasteiger partial charge in [0.25, 0.3) is 5.91 Å². The quantitative estimate of drug-likeness (QED) is 0.910. The van der Waals surface area contributed by atoms with Gasteiger partial charge in [-0.05, 0) is 12.8 Å². The van der Waals surface area contributed by atoms with Crippen LogP contribution in [0.15, 0.2) is 42.7 Å². The number of nitrogens with one attached hydrogen (secondary N) is 1. The summed E-state index contributed by atoms with van der Waals surface area (Å²) in [4.78, 5) is 20.7. The van der Waals surface area contributed by atoms with Crippen molar-refractivity contribution < 1.29 is 9.90 Å². The molecule has 0 bridgehead atoms. The standard InChI is InChI=1S/C18H21N3O2/c22-17(21-13-18(23)9-5-2-6-10-18)15-11-19-16(20-12-15)14-7-3-1-4-8-14/h1,3-4,7-8,11-12,23H,2,5-6,9-10,13H2,(H,21,22). The zero-order chi connectivity index (χ0) is 16.1. The van der Waals surface area contributed by atoms with Crippen LogP contribution in [0.5, 0.6) is 0 Å². The Balaban J connectivity index is 1.61. The monoisotopic (exact) mass is 311 g/mol. The molecule has 2 N–H and O–H groups in total. The molecule has 0 spiro atoms. The number of benzene rings is 1. The van der Waals surface area contributed by atoms with Gasteiger partial charge in [-0.25, -0.2) is 9.97 Å². The van der Waals surface area contributed by atoms with Crippen molar-refractivity contribution in [3.63, 3.8) is 0 Å². The summed E-state index contributed by atoms with van der Waals surface area (Å²) in [5, 5.41) is 13.2. The average Bonchev–Trinajstić information content (AvgIpc) is 2.61. The van der Waals surface area contributed by atoms with Gasteiger partial charge in [-0.3, -0.25) is 4.79 Å². The van der Waals surface area contributed by atoms with Gasteiger partial charge in [0.15, 0.2) is 5.82 Å². The first kappa shape index (κ1) is 15.6. The number of aliphatic hydroxyl groups is 1. The van der Waals surface area contributed by atoms with Crippen molar-refractivity contribution in [2.75, 3.05) is 6.54 Å². The summed E-state index contributed by atoms with van der Waals surface area (Å²) >= 11 is 0. The number of hydrogen-bond acceptors (Lipinski definition) is 4. The first-order chi connectivity index (χ1) is 11.2. The molecule has 0 unspecified atom stereocenters. The van der Waals surface area contributed by atoms with Crippen LogP contribution in [0.25, 0.3) is 11.4 Å². The molecule has 0 radical (unpaired) electrons. The number of carbonyl (C=O) groups excluding carboxylic acids is 1. The lowest BCUT2D eigenvalue weighted by molar-refractivity contribution is 0.00525. The lowest BCUT2D eigenvalue weighted by Gasteiger charge is -2.32. The van der Waals surface area contributed by atoms with Gasteiger partial charge in [0.05, 0.1) is 11.2 Å². The lowest BCUT2D eigenvalue weighted by Crippen LogP contribution is -2.44. The number of hydrogen-bond donors (Lipinski definition) is 2. The summed E-state index contributed by atoms with van der Waals surface area (Å²) in [6.45, 7) is 0.284. The minimum absolute atomic E-state index is 0.247. The fourth-order valence-electron chi connectivity index (χ4n) is 2.92. The highest BCUT2D eigenvalue weighted by atomic mass is 16.3. The third-order valence-electron chi connectivity index (χ3n) is 4.31. The van der Waals surface area contributed by atoms with E-state index in [-0.39, 0.29) is 12.5 Å². The molecule has 1 fully saturated rings. The average molecular weight is 311 g/mol. The number of aromatic nitrogens is 2. The number of carbonyl (C=O) groups is 1. The summed E-state index contributed by atoms with van der Waals surface area (Å²) in [5.74, 6) is 0.344. The Hall–Kier alpha value is -2.27. The predicted octanol–water partition coefficient (Wildman–Crippen LogP) is 2.57. The zero-order valence-corrected chi connectivity index (χ0v) is 13.0. The van der Waals surface area contributed by atoms with Gasteiger partial charge in [-0.1, -0.05) is 49.6 Å². The molecule has 5 heteroatoms. The molecular formula is C18H21N3O2. The van der Waals surface area contributed by atoms with Gasteiger partial charge in [0.2, 0.25) is 0 Å². The molecule has 1 aliphatic carbocycles. The molecule has 5 nitrogen and oxygen atoms in total. The van der Waals surface area contributed by atoms with E-state index in [9.17, 15) is 9.90 Å². The number of amides is 1. The third kappa shape index (κ3) is 3.93. The van der Waals surface area contributed by atoms with Gasteiger partial charge < -0.3 is 10.4 Å². The second-order valence-corrected chi connectivity index (χ2v) is 6.13. The van der Waals surface area contributed by atoms with E-state index >= 15 is 0 Å². The van der Waals surface area contributed by atoms with E-state index in [0.717, 1.165) is 37.7 Å². The minimum Gasteiger partial charge on any atom is -0.388 e. The highest BCUT2D eigenvalue weighted by molar-refractivity contribution is 5.93. The van der Waals surface area contributed by atoms with Crippen LogP contribution >= 0.6 is 0 Å². The Morgan fingerprint density at radius 2 is 1.74 bits per heavy atom. The molecule has 2 aromatic rings. The lowest BCUT2D eigenvalue weighted by atomic mass is 9.85. The molecule has 0 atom stereocenters. The van der Waals surface area contributed by atoms with Crippen LogP contribution in [0.2, 0.25) is 0 Å². The first-order valence-corrected chi connectivity index (χ1v) is 8.04. The fourth-order valence-corrected chi connectivity index (χ4v) is 2.92. The van der Waals surface area contributed by atoms with Gasteiger partial charge in [-0.2, -0.15) is 0 Å². The van der Waals surface area contributed by atoms with Crippen LogP contribution in [0.1, 0.15) is 42.5 Å². The first-order valence-electron chi connectivity index (χ1n) is 8.04. The van der Waals surface area contributed by atoms with Crippen LogP contribution < -0.4 is 5.32 Å². The smallest absolute Gasteiger partial charge is 0.254 e. The molecule has 1 aromatic carbocycles. The minimum atomic E-state index is -0.765. The topological polar surface area (TPSA) is 75.1 Å². The molecule has 120 valence electrons. The molecule has 0 saturated heterocycles. The van der Waals surface area contributed by atoms with E-state index < -0.39 is 5.60 Å². The van der Waals surface area contributed by atoms with E-state index in [4.69, 9.17) is 0 Å². The molecule has 1 aliphatic rings. The summed E-state index contributed by atoms with van der Waals surface area (Å²) in [7, 11) is 0. The summed E-state index contributed by atoms with van der Waals surface area (Å²) < 4.78 is 0. The van der Waals surface area contributed by atoms with Gasteiger partial charge in [-0.15, -0.1) is 0 Å². The van der Waals surface area contributed by atoms with E-state index in [2.05, 4.69) is 15.3 Å². The van der Waals surface area contributed by atoms with Crippen molar-refractivity contribution >= 4 is 5.91 Å². The number of rotatable bonds is 4. The number of nitrogens with zero attached hydrogens (tertiary/aromatic N) is 2. The van der Waals surface area contributed by atoms with Crippen LogP contribution in [0.4, 0.5) is 0 Å². The van der Waals surface area contributed by atoms with E-state index in [1.54, 1.807) is 0 Å². The van der Waals surface area contributed by atoms with Crippen molar-refractivity contribution in [3.05, 3.63) is 48.3 Å². The van der Waals surface area contributed by atoms with Gasteiger partial charge in [0.1, 0.15) is 0 Å². The van der Waals surface area contributed by atoms with Crippen LogP contribution in [0.3, 0.4) is 0 Å². The van der Waals surface area contributed by atoms with E-state index in [1.807, 2.05) is 30.3 Å².